The van der Waals surface area contributed by atoms with Crippen LogP contribution in [0.15, 0.2) is 0 Å². The summed E-state index contributed by atoms with van der Waals surface area (Å²) >= 11 is 0. The fraction of sp³-hybridized carbons (Fsp3) is 1.00. The van der Waals surface area contributed by atoms with Crippen LogP contribution in [-0.2, 0) is 4.74 Å². The highest BCUT2D eigenvalue weighted by atomic mass is 16.5. The molecular weight excluding hydrogens is 188 g/mol. The Labute approximate surface area is 92.7 Å². The molecule has 0 aromatic rings. The molecule has 1 aliphatic heterocycles. The summed E-state index contributed by atoms with van der Waals surface area (Å²) in [5, 5.41) is 3.61. The van der Waals surface area contributed by atoms with Crippen molar-refractivity contribution in [2.75, 3.05) is 19.8 Å². The van der Waals surface area contributed by atoms with Crippen LogP contribution < -0.4 is 11.1 Å². The van der Waals surface area contributed by atoms with Gasteiger partial charge in [0.1, 0.15) is 0 Å². The van der Waals surface area contributed by atoms with Gasteiger partial charge in [-0.25, -0.2) is 0 Å². The number of nitrogens with two attached hydrogens (primary N) is 1. The Morgan fingerprint density at radius 2 is 2.27 bits per heavy atom. The second-order valence-electron chi connectivity index (χ2n) is 5.85. The summed E-state index contributed by atoms with van der Waals surface area (Å²) in [6, 6.07) is 0. The largest absolute Gasteiger partial charge is 0.380 e. The summed E-state index contributed by atoms with van der Waals surface area (Å²) < 4.78 is 5.52. The molecule has 2 unspecified atom stereocenters. The molecule has 0 bridgehead atoms. The molecule has 3 heteroatoms. The lowest BCUT2D eigenvalue weighted by Crippen LogP contribution is -2.57. The Kier molecular flexibility index (Phi) is 3.06. The van der Waals surface area contributed by atoms with E-state index >= 15 is 0 Å². The summed E-state index contributed by atoms with van der Waals surface area (Å²) in [6.45, 7) is 7.07. The molecule has 0 aromatic carbocycles. The standard InChI is InChI=1S/C12H24N2O/c1-11(6-3-7-15-9-11)14-8-12(2,13)10-4-5-10/h10,14H,3-9,13H2,1-2H3. The first-order valence-electron chi connectivity index (χ1n) is 6.14. The van der Waals surface area contributed by atoms with Gasteiger partial charge in [0, 0.05) is 24.2 Å². The zero-order valence-corrected chi connectivity index (χ0v) is 10.0. The fourth-order valence-corrected chi connectivity index (χ4v) is 2.36. The molecule has 0 radical (unpaired) electrons. The van der Waals surface area contributed by atoms with Gasteiger partial charge in [0.2, 0.25) is 0 Å². The molecule has 1 aliphatic carbocycles. The Morgan fingerprint density at radius 1 is 1.53 bits per heavy atom. The SMILES string of the molecule is CC1(NCC(C)(N)C2CC2)CCCOC1. The van der Waals surface area contributed by atoms with Crippen molar-refractivity contribution in [1.82, 2.24) is 5.32 Å². The molecule has 2 aliphatic rings. The van der Waals surface area contributed by atoms with Crippen molar-refractivity contribution in [2.24, 2.45) is 11.7 Å². The van der Waals surface area contributed by atoms with Crippen LogP contribution in [0.3, 0.4) is 0 Å². The van der Waals surface area contributed by atoms with Crippen LogP contribution in [0.1, 0.15) is 39.5 Å². The van der Waals surface area contributed by atoms with Gasteiger partial charge in [-0.2, -0.15) is 0 Å². The predicted molar refractivity (Wildman–Crippen MR) is 61.8 cm³/mol. The van der Waals surface area contributed by atoms with Gasteiger partial charge in [-0.3, -0.25) is 0 Å². The maximum absolute atomic E-state index is 6.29. The van der Waals surface area contributed by atoms with Gasteiger partial charge in [-0.1, -0.05) is 0 Å². The Morgan fingerprint density at radius 3 is 2.80 bits per heavy atom. The van der Waals surface area contributed by atoms with E-state index in [1.54, 1.807) is 0 Å². The number of nitrogens with one attached hydrogen (secondary N) is 1. The Balaban J connectivity index is 1.80. The van der Waals surface area contributed by atoms with Crippen LogP contribution in [0.4, 0.5) is 0 Å². The van der Waals surface area contributed by atoms with E-state index in [-0.39, 0.29) is 11.1 Å². The van der Waals surface area contributed by atoms with Gasteiger partial charge < -0.3 is 15.8 Å². The minimum Gasteiger partial charge on any atom is -0.380 e. The molecule has 3 nitrogen and oxygen atoms in total. The summed E-state index contributed by atoms with van der Waals surface area (Å²) in [6.07, 6.45) is 4.98. The molecular formula is C12H24N2O. The van der Waals surface area contributed by atoms with Gasteiger partial charge in [0.15, 0.2) is 0 Å². The average Bonchev–Trinajstić information content (AvgIpc) is 3.00. The van der Waals surface area contributed by atoms with E-state index in [9.17, 15) is 0 Å². The molecule has 0 aromatic heterocycles. The second-order valence-corrected chi connectivity index (χ2v) is 5.85. The van der Waals surface area contributed by atoms with E-state index in [0.717, 1.165) is 32.1 Å². The highest BCUT2D eigenvalue weighted by molar-refractivity contribution is 4.99. The van der Waals surface area contributed by atoms with Gasteiger partial charge in [0.25, 0.3) is 0 Å². The van der Waals surface area contributed by atoms with E-state index in [1.807, 2.05) is 0 Å². The molecule has 1 saturated heterocycles. The van der Waals surface area contributed by atoms with E-state index < -0.39 is 0 Å². The zero-order valence-electron chi connectivity index (χ0n) is 10.0. The Bertz CT molecular complexity index is 218. The quantitative estimate of drug-likeness (QED) is 0.738. The van der Waals surface area contributed by atoms with Crippen LogP contribution in [-0.4, -0.2) is 30.8 Å². The van der Waals surface area contributed by atoms with Crippen molar-refractivity contribution in [2.45, 2.75) is 50.6 Å². The van der Waals surface area contributed by atoms with Gasteiger partial charge in [-0.05, 0) is 45.4 Å². The molecule has 0 spiro atoms. The lowest BCUT2D eigenvalue weighted by atomic mass is 9.91. The van der Waals surface area contributed by atoms with Crippen molar-refractivity contribution in [3.8, 4) is 0 Å². The van der Waals surface area contributed by atoms with Crippen molar-refractivity contribution >= 4 is 0 Å². The molecule has 15 heavy (non-hydrogen) atoms. The third-order valence-corrected chi connectivity index (χ3v) is 3.84. The predicted octanol–water partition coefficient (Wildman–Crippen LogP) is 1.27. The third-order valence-electron chi connectivity index (χ3n) is 3.84. The van der Waals surface area contributed by atoms with E-state index in [2.05, 4.69) is 19.2 Å². The molecule has 2 fully saturated rings. The molecule has 88 valence electrons. The summed E-state index contributed by atoms with van der Waals surface area (Å²) in [5.74, 6) is 0.734. The number of rotatable bonds is 4. The first kappa shape index (κ1) is 11.4. The minimum atomic E-state index is -0.0273. The molecule has 1 saturated carbocycles. The first-order valence-corrected chi connectivity index (χ1v) is 6.14. The lowest BCUT2D eigenvalue weighted by molar-refractivity contribution is 0.0259. The number of ether oxygens (including phenoxy) is 1. The maximum atomic E-state index is 6.29. The normalized spacial score (nSPS) is 36.2. The molecule has 1 heterocycles. The van der Waals surface area contributed by atoms with Crippen molar-refractivity contribution in [3.63, 3.8) is 0 Å². The Hall–Kier alpha value is -0.120. The highest BCUT2D eigenvalue weighted by Crippen LogP contribution is 2.38. The van der Waals surface area contributed by atoms with Crippen molar-refractivity contribution < 1.29 is 4.74 Å². The maximum Gasteiger partial charge on any atom is 0.0645 e. The average molecular weight is 212 g/mol. The van der Waals surface area contributed by atoms with Gasteiger partial charge in [0.05, 0.1) is 6.61 Å². The number of hydrogen-bond donors (Lipinski definition) is 2. The minimum absolute atomic E-state index is 0.0273. The van der Waals surface area contributed by atoms with Crippen LogP contribution in [0.25, 0.3) is 0 Å². The van der Waals surface area contributed by atoms with Crippen LogP contribution in [0, 0.1) is 5.92 Å². The zero-order chi connectivity index (χ0) is 10.9. The van der Waals surface area contributed by atoms with Crippen LogP contribution in [0.5, 0.6) is 0 Å². The molecule has 2 atom stereocenters. The third kappa shape index (κ3) is 2.92. The van der Waals surface area contributed by atoms with Crippen molar-refractivity contribution in [1.29, 1.82) is 0 Å². The van der Waals surface area contributed by atoms with Crippen molar-refractivity contribution in [3.05, 3.63) is 0 Å². The molecule has 2 rings (SSSR count). The lowest BCUT2D eigenvalue weighted by Gasteiger charge is -2.38. The van der Waals surface area contributed by atoms with Gasteiger partial charge >= 0.3 is 0 Å². The monoisotopic (exact) mass is 212 g/mol. The molecule has 3 N–H and O–H groups in total. The smallest absolute Gasteiger partial charge is 0.0645 e. The summed E-state index contributed by atoms with van der Waals surface area (Å²) in [4.78, 5) is 0. The van der Waals surface area contributed by atoms with E-state index in [0.29, 0.717) is 0 Å². The van der Waals surface area contributed by atoms with E-state index in [1.165, 1.54) is 19.3 Å². The summed E-state index contributed by atoms with van der Waals surface area (Å²) in [5.41, 5.74) is 6.41. The summed E-state index contributed by atoms with van der Waals surface area (Å²) in [7, 11) is 0. The fourth-order valence-electron chi connectivity index (χ4n) is 2.36. The van der Waals surface area contributed by atoms with Crippen LogP contribution >= 0.6 is 0 Å². The first-order chi connectivity index (χ1) is 7.02. The second kappa shape index (κ2) is 4.04. The highest BCUT2D eigenvalue weighted by Gasteiger charge is 2.39. The number of hydrogen-bond acceptors (Lipinski definition) is 3. The van der Waals surface area contributed by atoms with Gasteiger partial charge in [-0.15, -0.1) is 0 Å². The van der Waals surface area contributed by atoms with Crippen LogP contribution in [0.2, 0.25) is 0 Å². The topological polar surface area (TPSA) is 47.3 Å². The molecule has 0 amide bonds. The van der Waals surface area contributed by atoms with E-state index in [4.69, 9.17) is 10.5 Å².